The van der Waals surface area contributed by atoms with Crippen molar-refractivity contribution in [1.82, 2.24) is 0 Å². The molecule has 2 aliphatic rings. The van der Waals surface area contributed by atoms with Crippen LogP contribution < -0.4 is 14.8 Å². The Morgan fingerprint density at radius 3 is 1.70 bits per heavy atom. The van der Waals surface area contributed by atoms with Gasteiger partial charge in [0.1, 0.15) is 11.5 Å². The number of rotatable bonds is 7. The van der Waals surface area contributed by atoms with Crippen LogP contribution in [0.3, 0.4) is 0 Å². The quantitative estimate of drug-likeness (QED) is 0.206. The number of hydrogen-bond donors (Lipinski definition) is 0. The van der Waals surface area contributed by atoms with Crippen molar-refractivity contribution in [2.75, 3.05) is 14.2 Å². The highest BCUT2D eigenvalue weighted by molar-refractivity contribution is 9.10. The second-order valence-electron chi connectivity index (χ2n) is 10.6. The summed E-state index contributed by atoms with van der Waals surface area (Å²) >= 11 is 4.03. The topological polar surface area (TPSA) is 18.5 Å². The molecule has 5 rings (SSSR count). The maximum absolute atomic E-state index is 7.85. The third-order valence-electron chi connectivity index (χ3n) is 8.67. The first-order valence-electron chi connectivity index (χ1n) is 13.9. The van der Waals surface area contributed by atoms with Crippen LogP contribution in [0.5, 0.6) is 11.5 Å². The van der Waals surface area contributed by atoms with Crippen molar-refractivity contribution in [1.29, 1.82) is 0 Å². The second kappa shape index (κ2) is 12.0. The van der Waals surface area contributed by atoms with Crippen LogP contribution in [0.15, 0.2) is 65.1 Å². The van der Waals surface area contributed by atoms with Gasteiger partial charge in [0, 0.05) is 32.5 Å². The van der Waals surface area contributed by atoms with Crippen molar-refractivity contribution < 1.29 is 9.47 Å². The molecule has 193 valence electrons. The first-order valence-corrected chi connectivity index (χ1v) is 16.6. The molecule has 37 heavy (non-hydrogen) atoms. The van der Waals surface area contributed by atoms with Gasteiger partial charge in [-0.25, -0.2) is 7.14 Å². The average molecular weight is 576 g/mol. The normalized spacial score (nSPS) is 17.5. The number of benzene rings is 3. The summed E-state index contributed by atoms with van der Waals surface area (Å²) in [4.78, 5) is 0. The molecule has 0 unspecified atom stereocenters. The molecule has 3 aromatic rings. The average Bonchev–Trinajstić information content (AvgIpc) is 2.97. The van der Waals surface area contributed by atoms with Gasteiger partial charge in [-0.2, -0.15) is 0 Å². The van der Waals surface area contributed by atoms with E-state index in [1.54, 1.807) is 14.2 Å². The zero-order chi connectivity index (χ0) is 25.8. The molecular weight excluding hydrogens is 538 g/mol. The molecule has 3 radical (unpaired) electrons. The molecule has 0 atom stereocenters. The molecule has 0 spiro atoms. The molecule has 0 heterocycles. The van der Waals surface area contributed by atoms with Crippen molar-refractivity contribution in [3.05, 3.63) is 65.1 Å². The first kappa shape index (κ1) is 26.8. The molecule has 0 saturated heterocycles. The van der Waals surface area contributed by atoms with E-state index in [9.17, 15) is 0 Å². The summed E-state index contributed by atoms with van der Waals surface area (Å²) in [5, 5.41) is 1.43. The van der Waals surface area contributed by atoms with Crippen molar-refractivity contribution in [2.45, 2.75) is 75.5 Å². The van der Waals surface area contributed by atoms with E-state index in [4.69, 9.17) is 17.0 Å². The Kier molecular flexibility index (Phi) is 8.67. The van der Waals surface area contributed by atoms with Crippen LogP contribution in [-0.4, -0.2) is 33.1 Å². The molecule has 5 heteroatoms. The molecule has 2 saturated carbocycles. The number of halogens is 1. The summed E-state index contributed by atoms with van der Waals surface area (Å²) in [6, 6.07) is 21.5. The Morgan fingerprint density at radius 1 is 0.649 bits per heavy atom. The van der Waals surface area contributed by atoms with Crippen molar-refractivity contribution in [2.24, 2.45) is 0 Å². The summed E-state index contributed by atoms with van der Waals surface area (Å²) in [7, 11) is 9.40. The second-order valence-corrected chi connectivity index (χ2v) is 15.0. The number of hydrogen-bond acceptors (Lipinski definition) is 2. The molecule has 3 aromatic carbocycles. The summed E-state index contributed by atoms with van der Waals surface area (Å²) < 4.78 is 12.6. The lowest BCUT2D eigenvalue weighted by atomic mass is 9.97. The molecule has 0 aliphatic heterocycles. The van der Waals surface area contributed by atoms with Crippen molar-refractivity contribution >= 4 is 35.9 Å². The van der Waals surface area contributed by atoms with Gasteiger partial charge in [0.15, 0.2) is 0 Å². The SMILES string of the molecule is [B-][P+](c1ccccc1-c1cccc(-c2c(OC)cccc2OC)c1Br)(C1CCCCC1)C1CCCCC1. The van der Waals surface area contributed by atoms with Crippen LogP contribution in [0.25, 0.3) is 22.3 Å². The minimum atomic E-state index is -1.88. The van der Waals surface area contributed by atoms with Crippen LogP contribution in [0, 0.1) is 0 Å². The molecule has 0 aromatic heterocycles. The third kappa shape index (κ3) is 5.13. The summed E-state index contributed by atoms with van der Waals surface area (Å²) in [6.45, 7) is 0. The van der Waals surface area contributed by atoms with E-state index in [-0.39, 0.29) is 0 Å². The molecular formula is C32H38BBrO2P. The molecule has 2 nitrogen and oxygen atoms in total. The number of methoxy groups -OCH3 is 2. The summed E-state index contributed by atoms with van der Waals surface area (Å²) in [5.41, 5.74) is 5.80. The first-order chi connectivity index (χ1) is 18.1. The Labute approximate surface area is 233 Å². The highest BCUT2D eigenvalue weighted by atomic mass is 79.9. The lowest BCUT2D eigenvalue weighted by Crippen LogP contribution is -2.35. The van der Waals surface area contributed by atoms with Crippen LogP contribution in [0.1, 0.15) is 64.2 Å². The van der Waals surface area contributed by atoms with Gasteiger partial charge in [-0.05, 0) is 85.5 Å². The zero-order valence-electron chi connectivity index (χ0n) is 22.2. The fourth-order valence-corrected chi connectivity index (χ4v) is 12.3. The van der Waals surface area contributed by atoms with E-state index in [0.29, 0.717) is 11.3 Å². The monoisotopic (exact) mass is 575 g/mol. The van der Waals surface area contributed by atoms with Crippen LogP contribution >= 0.6 is 23.1 Å². The van der Waals surface area contributed by atoms with Gasteiger partial charge in [0.25, 0.3) is 0 Å². The lowest BCUT2D eigenvalue weighted by Gasteiger charge is -2.52. The van der Waals surface area contributed by atoms with Gasteiger partial charge >= 0.3 is 0 Å². The van der Waals surface area contributed by atoms with Gasteiger partial charge in [-0.1, -0.05) is 55.3 Å². The van der Waals surface area contributed by atoms with Gasteiger partial charge in [-0.3, -0.25) is 7.57 Å². The smallest absolute Gasteiger partial charge is 0.130 e. The minimum Gasteiger partial charge on any atom is -0.496 e. The van der Waals surface area contributed by atoms with E-state index < -0.39 is 7.14 Å². The predicted octanol–water partition coefficient (Wildman–Crippen LogP) is 9.19. The van der Waals surface area contributed by atoms with E-state index in [1.807, 2.05) is 18.2 Å². The van der Waals surface area contributed by atoms with Gasteiger partial charge in [0.05, 0.1) is 25.1 Å². The van der Waals surface area contributed by atoms with E-state index in [2.05, 4.69) is 58.4 Å². The fraction of sp³-hybridized carbons (Fsp3) is 0.438. The highest BCUT2D eigenvalue weighted by Gasteiger charge is 2.41. The van der Waals surface area contributed by atoms with Crippen molar-refractivity contribution in [3.8, 4) is 33.8 Å². The van der Waals surface area contributed by atoms with E-state index in [0.717, 1.165) is 27.1 Å². The Hall–Kier alpha value is -1.77. The van der Waals surface area contributed by atoms with Gasteiger partial charge in [0.2, 0.25) is 0 Å². The highest BCUT2D eigenvalue weighted by Crippen LogP contribution is 2.69. The summed E-state index contributed by atoms with van der Waals surface area (Å²) in [5.74, 6) is 1.60. The fourth-order valence-electron chi connectivity index (χ4n) is 6.80. The third-order valence-corrected chi connectivity index (χ3v) is 14.2. The Bertz CT molecular complexity index is 1180. The molecule has 0 bridgehead atoms. The molecule has 0 N–H and O–H groups in total. The maximum atomic E-state index is 7.85. The molecule has 2 aliphatic carbocycles. The lowest BCUT2D eigenvalue weighted by molar-refractivity contribution is 0.397. The van der Waals surface area contributed by atoms with Crippen molar-refractivity contribution in [3.63, 3.8) is 0 Å². The maximum Gasteiger partial charge on any atom is 0.130 e. The largest absolute Gasteiger partial charge is 0.496 e. The Morgan fingerprint density at radius 2 is 1.14 bits per heavy atom. The standard InChI is InChI=1S/C32H38BBrO2P/c1-35-28-20-12-21-29(36-2)31(28)27-19-11-18-26(32(27)34)25-17-9-10-22-30(25)37(33,23-13-5-3-6-14-23)24-15-7-4-8-16-24/h9-12,17-24H,3-8,13-16H2,1-2H3. The van der Waals surface area contributed by atoms with Gasteiger partial charge < -0.3 is 9.47 Å². The van der Waals surface area contributed by atoms with Gasteiger partial charge in [-0.15, -0.1) is 0 Å². The predicted molar refractivity (Wildman–Crippen MR) is 164 cm³/mol. The summed E-state index contributed by atoms with van der Waals surface area (Å²) in [6.07, 6.45) is 13.2. The zero-order valence-corrected chi connectivity index (χ0v) is 24.7. The minimum absolute atomic E-state index is 0.641. The van der Waals surface area contributed by atoms with Crippen LogP contribution in [-0.2, 0) is 0 Å². The van der Waals surface area contributed by atoms with E-state index >= 15 is 0 Å². The van der Waals surface area contributed by atoms with Crippen LogP contribution in [0.2, 0.25) is 0 Å². The molecule has 0 amide bonds. The van der Waals surface area contributed by atoms with E-state index in [1.165, 1.54) is 80.6 Å². The molecule has 2 fully saturated rings. The number of ether oxygens (including phenoxy) is 2. The van der Waals surface area contributed by atoms with Crippen LogP contribution in [0.4, 0.5) is 0 Å². The Balaban J connectivity index is 1.68.